The Labute approximate surface area is 446 Å². The summed E-state index contributed by atoms with van der Waals surface area (Å²) in [5.74, 6) is -2.45. The van der Waals surface area contributed by atoms with E-state index >= 15 is 0 Å². The third kappa shape index (κ3) is 15.0. The van der Waals surface area contributed by atoms with Crippen molar-refractivity contribution in [3.05, 3.63) is 24.3 Å². The van der Waals surface area contributed by atoms with Crippen LogP contribution in [-0.4, -0.2) is 257 Å². The van der Waals surface area contributed by atoms with Gasteiger partial charge in [0.1, 0.15) is 92.6 Å². The van der Waals surface area contributed by atoms with Gasteiger partial charge in [0.15, 0.2) is 31.1 Å². The molecule has 8 rings (SSSR count). The zero-order valence-electron chi connectivity index (χ0n) is 43.2. The Hall–Kier alpha value is -2.42. The molecule has 4 saturated heterocycles. The van der Waals surface area contributed by atoms with E-state index in [0.29, 0.717) is 70.6 Å². The highest BCUT2D eigenvalue weighted by Gasteiger charge is 2.58. The van der Waals surface area contributed by atoms with E-state index in [9.17, 15) is 76.0 Å². The lowest BCUT2D eigenvalue weighted by atomic mass is 9.73. The Balaban J connectivity index is 1.03. The van der Waals surface area contributed by atoms with Crippen molar-refractivity contribution < 1.29 is 123 Å². The lowest BCUT2D eigenvalue weighted by molar-refractivity contribution is -0.389. The van der Waals surface area contributed by atoms with E-state index in [1.807, 2.05) is 0 Å². The minimum Gasteiger partial charge on any atom is -0.460 e. The summed E-state index contributed by atoms with van der Waals surface area (Å²) < 4.78 is 58.8. The van der Waals surface area contributed by atoms with Gasteiger partial charge in [0.05, 0.1) is 49.1 Å². The number of fused-ring (bicyclic) bond motifs is 1. The first-order chi connectivity index (χ1) is 36.8. The molecular formula is C52H83O25+. The molecule has 25 nitrogen and oxygen atoms in total. The Morgan fingerprint density at radius 2 is 1.03 bits per heavy atom. The topological polar surface area (TPSA) is 393 Å². The molecule has 25 heteroatoms. The third-order valence-electron chi connectivity index (χ3n) is 17.2. The van der Waals surface area contributed by atoms with Gasteiger partial charge in [0.25, 0.3) is 0 Å². The van der Waals surface area contributed by atoms with Crippen LogP contribution in [0, 0.1) is 23.7 Å². The van der Waals surface area contributed by atoms with Crippen molar-refractivity contribution in [3.8, 4) is 0 Å². The van der Waals surface area contributed by atoms with E-state index in [1.165, 1.54) is 19.3 Å². The summed E-state index contributed by atoms with van der Waals surface area (Å²) in [7, 11) is 1.49. The van der Waals surface area contributed by atoms with Crippen molar-refractivity contribution in [1.82, 2.24) is 0 Å². The smallest absolute Gasteiger partial charge is 0.330 e. The normalized spacial score (nSPS) is 48.1. The first-order valence-electron chi connectivity index (χ1n) is 27.4. The van der Waals surface area contributed by atoms with E-state index in [1.54, 1.807) is 12.2 Å². The number of allylic oxidation sites excluding steroid dienone is 2. The van der Waals surface area contributed by atoms with E-state index in [2.05, 4.69) is 0 Å². The fourth-order valence-electron chi connectivity index (χ4n) is 12.5. The van der Waals surface area contributed by atoms with E-state index in [4.69, 9.17) is 47.4 Å². The van der Waals surface area contributed by atoms with Crippen LogP contribution in [0.1, 0.15) is 89.9 Å². The monoisotopic (exact) mass is 1110 g/mol. The van der Waals surface area contributed by atoms with Crippen LogP contribution < -0.4 is 0 Å². The molecule has 0 aromatic heterocycles. The molecule has 4 aliphatic carbocycles. The van der Waals surface area contributed by atoms with Crippen LogP contribution in [0.15, 0.2) is 24.3 Å². The van der Waals surface area contributed by atoms with Gasteiger partial charge in [-0.3, -0.25) is 0 Å². The third-order valence-corrected chi connectivity index (χ3v) is 17.2. The summed E-state index contributed by atoms with van der Waals surface area (Å²) in [6.45, 7) is -1.95. The van der Waals surface area contributed by atoms with Crippen molar-refractivity contribution in [2.45, 2.75) is 237 Å². The lowest BCUT2D eigenvalue weighted by Gasteiger charge is -2.50. The van der Waals surface area contributed by atoms with Crippen LogP contribution in [0.2, 0.25) is 0 Å². The van der Waals surface area contributed by atoms with Crippen molar-refractivity contribution in [1.29, 1.82) is 0 Å². The van der Waals surface area contributed by atoms with Gasteiger partial charge < -0.3 is 114 Å². The second kappa shape index (κ2) is 27.6. The number of methoxy groups -OCH3 is 1. The fraction of sp³-hybridized carbons (Fsp3) is 0.885. The second-order valence-corrected chi connectivity index (χ2v) is 22.4. The summed E-state index contributed by atoms with van der Waals surface area (Å²) in [5, 5.41) is 141. The molecule has 14 N–H and O–H groups in total. The summed E-state index contributed by atoms with van der Waals surface area (Å²) in [5.41, 5.74) is 0. The van der Waals surface area contributed by atoms with Crippen LogP contribution in [0.5, 0.6) is 0 Å². The second-order valence-electron chi connectivity index (χ2n) is 22.4. The molecule has 4 aliphatic heterocycles. The van der Waals surface area contributed by atoms with Crippen LogP contribution in [0.25, 0.3) is 0 Å². The SMILES string of the molecule is COC1CC(C=CC(=O)OC[C@@H]2O[C@H](O[C@@H]3[C@@H](OC4CC5C(O[C@H]6O[C@H](CO)[C@H](O)[C@@H](O)[C@H]6O)CC(O)CC5[OH+]C4C4CCC(O)CC4)O[C@@H](COC(=O)C=CC4CCC(O)CC4)[C@H](O)[C@H]3O)[C@@H](O)[C@H](O)[C@H]2O)CCC1O. The molecule has 0 amide bonds. The number of hydrogen-bond acceptors (Lipinski definition) is 24. The first kappa shape index (κ1) is 60.7. The standard InChI is InChI=1S/C52H82O25/c1-68-33-16-24(4-13-30(33)57)6-15-39(59)69-21-36-41(61)44(64)47(67)51(75-36)77-49-45(65)42(62)37(22-70-38(58)14-5-23-2-9-26(54)10-3-23)76-52(49)73-34-19-29-31(71-48(34)25-7-11-27(55)12-8-25)17-28(56)18-32(29)72-50-46(66)43(63)40(60)35(20-53)74-50/h5-6,14-15,23-37,40-57,60-67H,2-4,7-13,16-22H2,1H3/p+1/t23?,24?,25?,26?,27?,28?,29?,30?,31?,32?,33?,34?,35-,36+,37+,40+,41+,42+,43-,44-,45-,46-,47+,48?,49+,50+,51-,52+/m1/s1. The molecule has 0 aromatic rings. The van der Waals surface area contributed by atoms with Crippen LogP contribution in [0.3, 0.4) is 0 Å². The molecule has 24 atom stereocenters. The molecule has 0 bridgehead atoms. The maximum Gasteiger partial charge on any atom is 0.330 e. The van der Waals surface area contributed by atoms with Gasteiger partial charge in [-0.25, -0.2) is 9.59 Å². The summed E-state index contributed by atoms with van der Waals surface area (Å²) in [6, 6.07) is 0. The number of hydrogen-bond donors (Lipinski definition) is 13. The Morgan fingerprint density at radius 3 is 1.64 bits per heavy atom. The van der Waals surface area contributed by atoms with Crippen molar-refractivity contribution in [2.75, 3.05) is 26.9 Å². The number of rotatable bonds is 17. The van der Waals surface area contributed by atoms with E-state index in [0.717, 1.165) is 0 Å². The number of aliphatic hydroxyl groups is 15. The van der Waals surface area contributed by atoms with Gasteiger partial charge in [0, 0.05) is 38.0 Å². The molecule has 4 heterocycles. The minimum atomic E-state index is -2.00. The highest BCUT2D eigenvalue weighted by atomic mass is 16.8. The molecule has 0 radical (unpaired) electrons. The average molecular weight is 1110 g/mol. The molecule has 4 saturated carbocycles. The predicted octanol–water partition coefficient (Wildman–Crippen LogP) is -3.89. The molecule has 9 unspecified atom stereocenters. The van der Waals surface area contributed by atoms with Crippen molar-refractivity contribution in [2.24, 2.45) is 23.7 Å². The van der Waals surface area contributed by atoms with Gasteiger partial charge in [-0.1, -0.05) is 12.2 Å². The molecule has 77 heavy (non-hydrogen) atoms. The van der Waals surface area contributed by atoms with Crippen LogP contribution >= 0.6 is 0 Å². The van der Waals surface area contributed by atoms with Gasteiger partial charge in [-0.2, -0.15) is 0 Å². The number of esters is 2. The Bertz CT molecular complexity index is 1910. The van der Waals surface area contributed by atoms with Gasteiger partial charge in [0.2, 0.25) is 0 Å². The molecular weight excluding hydrogens is 1020 g/mol. The summed E-state index contributed by atoms with van der Waals surface area (Å²) >= 11 is 0. The molecule has 440 valence electrons. The average Bonchev–Trinajstić information content (AvgIpc) is 3.46. The molecule has 0 aromatic carbocycles. The quantitative estimate of drug-likeness (QED) is 0.0376. The van der Waals surface area contributed by atoms with Crippen molar-refractivity contribution >= 4 is 11.9 Å². The molecule has 0 spiro atoms. The minimum absolute atomic E-state index is 0.0120. The maximum absolute atomic E-state index is 13.1. The van der Waals surface area contributed by atoms with Crippen molar-refractivity contribution in [3.63, 3.8) is 0 Å². The first-order valence-corrected chi connectivity index (χ1v) is 27.4. The number of carbonyl (C=O) groups is 2. The van der Waals surface area contributed by atoms with Gasteiger partial charge in [-0.05, 0) is 88.9 Å². The van der Waals surface area contributed by atoms with Gasteiger partial charge in [-0.15, -0.1) is 0 Å². The lowest BCUT2D eigenvalue weighted by Crippen LogP contribution is -2.66. The number of carbonyl (C=O) groups excluding carboxylic acids is 2. The van der Waals surface area contributed by atoms with Gasteiger partial charge >= 0.3 is 11.9 Å². The zero-order chi connectivity index (χ0) is 55.2. The summed E-state index contributed by atoms with van der Waals surface area (Å²) in [4.78, 5) is 26.0. The number of aliphatic hydroxyl groups excluding tert-OH is 13. The number of ether oxygens (including phenoxy) is 10. The van der Waals surface area contributed by atoms with E-state index < -0.39 is 185 Å². The largest absolute Gasteiger partial charge is 0.460 e. The zero-order valence-corrected chi connectivity index (χ0v) is 43.2. The van der Waals surface area contributed by atoms with Crippen LogP contribution in [0.4, 0.5) is 0 Å². The molecule has 8 aliphatic rings. The van der Waals surface area contributed by atoms with Crippen LogP contribution in [-0.2, 0) is 52.2 Å². The fourth-order valence-corrected chi connectivity index (χ4v) is 12.5. The Morgan fingerprint density at radius 1 is 0.506 bits per heavy atom. The predicted molar refractivity (Wildman–Crippen MR) is 259 cm³/mol. The Kier molecular flexibility index (Phi) is 21.7. The summed E-state index contributed by atoms with van der Waals surface area (Å²) in [6.07, 6.45) is -20.0. The highest BCUT2D eigenvalue weighted by Crippen LogP contribution is 2.44. The van der Waals surface area contributed by atoms with E-state index in [-0.39, 0.29) is 37.0 Å². The molecule has 8 fully saturated rings. The highest BCUT2D eigenvalue weighted by molar-refractivity contribution is 5.82. The maximum atomic E-state index is 13.1.